The van der Waals surface area contributed by atoms with Gasteiger partial charge in [-0.25, -0.2) is 0 Å². The molecule has 112 valence electrons. The van der Waals surface area contributed by atoms with E-state index in [2.05, 4.69) is 34.1 Å². The number of halogens is 1. The van der Waals surface area contributed by atoms with Gasteiger partial charge >= 0.3 is 5.16 Å². The standard InChI is InChI=1S/C15H18IN2OS2/c1-2-20-15-17-13-12(10-5-3-4-6-11(10)21-13)14-18(15)8-9(7-16)19-14/h9H,2-8H2,1H3/q+1/t9-/m1/s1. The molecule has 2 aromatic heterocycles. The number of thioether (sulfide) groups is 1. The van der Waals surface area contributed by atoms with Gasteiger partial charge in [0.15, 0.2) is 0 Å². The van der Waals surface area contributed by atoms with Gasteiger partial charge in [0.2, 0.25) is 4.83 Å². The number of aryl methyl sites for hydroxylation is 2. The number of rotatable bonds is 3. The molecule has 0 amide bonds. The van der Waals surface area contributed by atoms with E-state index < -0.39 is 0 Å². The topological polar surface area (TPSA) is 26.0 Å². The molecule has 2 aliphatic rings. The van der Waals surface area contributed by atoms with Crippen LogP contribution in [0.4, 0.5) is 0 Å². The Morgan fingerprint density at radius 1 is 1.43 bits per heavy atom. The van der Waals surface area contributed by atoms with E-state index in [1.807, 2.05) is 23.1 Å². The van der Waals surface area contributed by atoms with Crippen LogP contribution in [0, 0.1) is 0 Å². The Kier molecular flexibility index (Phi) is 4.04. The molecule has 2 aromatic rings. The van der Waals surface area contributed by atoms with Gasteiger partial charge in [-0.15, -0.1) is 0 Å². The molecule has 0 N–H and O–H groups in total. The van der Waals surface area contributed by atoms with Gasteiger partial charge in [0.05, 0.1) is 0 Å². The number of nitrogens with zero attached hydrogens (tertiary/aromatic N) is 2. The average molecular weight is 433 g/mol. The molecular formula is C15H18IN2OS2+. The third-order valence-electron chi connectivity index (χ3n) is 4.15. The van der Waals surface area contributed by atoms with Crippen molar-refractivity contribution in [1.29, 1.82) is 0 Å². The molecule has 0 spiro atoms. The maximum Gasteiger partial charge on any atom is 0.363 e. The first-order chi connectivity index (χ1) is 10.3. The highest BCUT2D eigenvalue weighted by Gasteiger charge is 2.36. The van der Waals surface area contributed by atoms with Crippen molar-refractivity contribution < 1.29 is 9.30 Å². The van der Waals surface area contributed by atoms with Crippen LogP contribution >= 0.6 is 45.7 Å². The summed E-state index contributed by atoms with van der Waals surface area (Å²) in [4.78, 5) is 7.71. The number of fused-ring (bicyclic) bond motifs is 5. The molecule has 21 heavy (non-hydrogen) atoms. The molecular weight excluding hydrogens is 415 g/mol. The van der Waals surface area contributed by atoms with Crippen molar-refractivity contribution in [2.75, 3.05) is 10.2 Å². The van der Waals surface area contributed by atoms with Gasteiger partial charge in [-0.2, -0.15) is 4.57 Å². The van der Waals surface area contributed by atoms with Crippen LogP contribution in [0.15, 0.2) is 5.16 Å². The third kappa shape index (κ3) is 2.37. The van der Waals surface area contributed by atoms with Crippen molar-refractivity contribution >= 4 is 55.9 Å². The zero-order valence-electron chi connectivity index (χ0n) is 12.0. The lowest BCUT2D eigenvalue weighted by Gasteiger charge is -2.10. The third-order valence-corrected chi connectivity index (χ3v) is 7.18. The van der Waals surface area contributed by atoms with Crippen molar-refractivity contribution in [1.82, 2.24) is 4.98 Å². The monoisotopic (exact) mass is 433 g/mol. The molecule has 3 heterocycles. The van der Waals surface area contributed by atoms with E-state index in [0.29, 0.717) is 6.10 Å². The van der Waals surface area contributed by atoms with Crippen LogP contribution in [0.3, 0.4) is 0 Å². The second-order valence-electron chi connectivity index (χ2n) is 5.53. The molecule has 0 unspecified atom stereocenters. The molecule has 0 saturated carbocycles. The Morgan fingerprint density at radius 3 is 3.10 bits per heavy atom. The number of aromatic nitrogens is 2. The zero-order valence-corrected chi connectivity index (χ0v) is 15.8. The van der Waals surface area contributed by atoms with Crippen LogP contribution in [0.5, 0.6) is 5.88 Å². The predicted octanol–water partition coefficient (Wildman–Crippen LogP) is 3.77. The second kappa shape index (κ2) is 5.85. The summed E-state index contributed by atoms with van der Waals surface area (Å²) in [5.41, 5.74) is 1.53. The summed E-state index contributed by atoms with van der Waals surface area (Å²) in [7, 11) is 0. The van der Waals surface area contributed by atoms with Crippen molar-refractivity contribution in [2.45, 2.75) is 50.4 Å². The Balaban J connectivity index is 1.95. The van der Waals surface area contributed by atoms with Crippen LogP contribution in [0.1, 0.15) is 30.2 Å². The average Bonchev–Trinajstić information content (AvgIpc) is 3.07. The quantitative estimate of drug-likeness (QED) is 0.242. The van der Waals surface area contributed by atoms with Crippen LogP contribution in [-0.4, -0.2) is 21.3 Å². The van der Waals surface area contributed by atoms with E-state index in [9.17, 15) is 0 Å². The molecule has 1 aliphatic heterocycles. The Hall–Kier alpha value is -0.0800. The first-order valence-electron chi connectivity index (χ1n) is 7.55. The van der Waals surface area contributed by atoms with Crippen LogP contribution in [-0.2, 0) is 19.4 Å². The van der Waals surface area contributed by atoms with E-state index >= 15 is 0 Å². The van der Waals surface area contributed by atoms with Gasteiger partial charge in [-0.05, 0) is 48.0 Å². The van der Waals surface area contributed by atoms with Crippen LogP contribution in [0.2, 0.25) is 0 Å². The zero-order chi connectivity index (χ0) is 14.4. The minimum Gasteiger partial charge on any atom is -0.453 e. The van der Waals surface area contributed by atoms with Crippen molar-refractivity contribution in [2.24, 2.45) is 0 Å². The van der Waals surface area contributed by atoms with Crippen molar-refractivity contribution in [3.8, 4) is 5.88 Å². The summed E-state index contributed by atoms with van der Waals surface area (Å²) in [5, 5.41) is 2.45. The molecule has 0 radical (unpaired) electrons. The van der Waals surface area contributed by atoms with Gasteiger partial charge in [0.1, 0.15) is 18.0 Å². The Morgan fingerprint density at radius 2 is 2.29 bits per heavy atom. The number of alkyl halides is 1. The highest BCUT2D eigenvalue weighted by Crippen LogP contribution is 2.41. The molecule has 0 bridgehead atoms. The summed E-state index contributed by atoms with van der Waals surface area (Å²) in [6, 6.07) is 0. The molecule has 3 nitrogen and oxygen atoms in total. The fraction of sp³-hybridized carbons (Fsp3) is 0.600. The molecule has 1 atom stereocenters. The maximum absolute atomic E-state index is 6.29. The second-order valence-corrected chi connectivity index (χ2v) is 8.72. The lowest BCUT2D eigenvalue weighted by molar-refractivity contribution is -0.720. The molecule has 6 heteroatoms. The minimum atomic E-state index is 0.299. The van der Waals surface area contributed by atoms with E-state index in [1.165, 1.54) is 41.5 Å². The molecule has 0 aromatic carbocycles. The molecule has 0 saturated heterocycles. The predicted molar refractivity (Wildman–Crippen MR) is 96.2 cm³/mol. The summed E-state index contributed by atoms with van der Waals surface area (Å²) < 4.78 is 9.64. The van der Waals surface area contributed by atoms with Crippen molar-refractivity contribution in [3.63, 3.8) is 0 Å². The number of hydrogen-bond donors (Lipinski definition) is 0. The van der Waals surface area contributed by atoms with Crippen LogP contribution < -0.4 is 9.30 Å². The largest absolute Gasteiger partial charge is 0.453 e. The number of ether oxygens (including phenoxy) is 1. The first kappa shape index (κ1) is 14.5. The Labute approximate surface area is 146 Å². The van der Waals surface area contributed by atoms with Gasteiger partial charge in [-0.1, -0.05) is 40.9 Å². The highest BCUT2D eigenvalue weighted by atomic mass is 127. The molecule has 4 rings (SSSR count). The van der Waals surface area contributed by atoms with E-state index in [-0.39, 0.29) is 0 Å². The molecule has 0 fully saturated rings. The minimum absolute atomic E-state index is 0.299. The summed E-state index contributed by atoms with van der Waals surface area (Å²) in [5.74, 6) is 2.15. The number of hydrogen-bond acceptors (Lipinski definition) is 4. The van der Waals surface area contributed by atoms with Crippen LogP contribution in [0.25, 0.3) is 10.2 Å². The van der Waals surface area contributed by atoms with Crippen molar-refractivity contribution in [3.05, 3.63) is 10.4 Å². The smallest absolute Gasteiger partial charge is 0.363 e. The van der Waals surface area contributed by atoms with E-state index in [4.69, 9.17) is 9.72 Å². The van der Waals surface area contributed by atoms with Gasteiger partial charge in [0, 0.05) is 15.1 Å². The first-order valence-corrected chi connectivity index (χ1v) is 10.9. The molecule has 1 aliphatic carbocycles. The van der Waals surface area contributed by atoms with Gasteiger partial charge in [-0.3, -0.25) is 0 Å². The summed E-state index contributed by atoms with van der Waals surface area (Å²) >= 11 is 6.15. The number of thiophene rings is 1. The lowest BCUT2D eigenvalue weighted by atomic mass is 9.97. The summed E-state index contributed by atoms with van der Waals surface area (Å²) in [6.07, 6.45) is 5.35. The Bertz CT molecular complexity index is 701. The van der Waals surface area contributed by atoms with Gasteiger partial charge in [0.25, 0.3) is 5.88 Å². The SMILES string of the molecule is CCSc1nc2sc3c(c2c2[n+]1C[C@@H](CI)O2)CCCC3. The fourth-order valence-corrected chi connectivity index (χ4v) is 5.72. The summed E-state index contributed by atoms with van der Waals surface area (Å²) in [6.45, 7) is 3.14. The normalized spacial score (nSPS) is 20.4. The lowest BCUT2D eigenvalue weighted by Crippen LogP contribution is -2.36. The van der Waals surface area contributed by atoms with Gasteiger partial charge < -0.3 is 4.74 Å². The fourth-order valence-electron chi connectivity index (χ4n) is 3.22. The highest BCUT2D eigenvalue weighted by molar-refractivity contribution is 14.1. The maximum atomic E-state index is 6.29. The van der Waals surface area contributed by atoms with E-state index in [0.717, 1.165) is 27.8 Å². The van der Waals surface area contributed by atoms with E-state index in [1.54, 1.807) is 4.88 Å².